The fourth-order valence-corrected chi connectivity index (χ4v) is 5.62. The van der Waals surface area contributed by atoms with Gasteiger partial charge in [-0.2, -0.15) is 0 Å². The van der Waals surface area contributed by atoms with Crippen LogP contribution in [-0.2, 0) is 9.53 Å². The Kier molecular flexibility index (Phi) is 6.55. The lowest BCUT2D eigenvalue weighted by molar-refractivity contribution is -0.137. The molecule has 39 heavy (non-hydrogen) atoms. The number of hydrogen-bond donors (Lipinski definition) is 2. The van der Waals surface area contributed by atoms with Crippen molar-refractivity contribution in [2.75, 3.05) is 6.61 Å². The monoisotopic (exact) mass is 513 g/mol. The topological polar surface area (TPSA) is 75.6 Å². The van der Waals surface area contributed by atoms with Gasteiger partial charge < -0.3 is 15.2 Å². The number of ether oxygens (including phenoxy) is 1. The first-order valence-electron chi connectivity index (χ1n) is 13.0. The van der Waals surface area contributed by atoms with E-state index in [1.807, 2.05) is 78.9 Å². The number of fused-ring (bicyclic) bond motifs is 4. The van der Waals surface area contributed by atoms with Crippen molar-refractivity contribution in [1.82, 2.24) is 5.32 Å². The normalized spacial score (nSPS) is 12.9. The standard InChI is InChI=1S/C34H27NO4/c36-33(37)20-32(30-16-8-3-11-25(30)24-18-17-22-9-1-2-10-23(22)19-24)35-34(38)39-21-31-28-14-6-4-12-26(28)27-13-5-7-15-29(27)31/h1-19,31-32H,20-21H2,(H,35,38)(H,36,37)/t32-/m0/s1. The van der Waals surface area contributed by atoms with Crippen LogP contribution in [0.2, 0.25) is 0 Å². The average molecular weight is 514 g/mol. The molecule has 2 N–H and O–H groups in total. The Balaban J connectivity index is 1.25. The second-order valence-electron chi connectivity index (χ2n) is 9.77. The molecule has 5 nitrogen and oxygen atoms in total. The molecule has 0 fully saturated rings. The quantitative estimate of drug-likeness (QED) is 0.235. The zero-order valence-electron chi connectivity index (χ0n) is 21.2. The van der Waals surface area contributed by atoms with E-state index >= 15 is 0 Å². The van der Waals surface area contributed by atoms with Gasteiger partial charge in [0.05, 0.1) is 12.5 Å². The summed E-state index contributed by atoms with van der Waals surface area (Å²) in [4.78, 5) is 24.9. The summed E-state index contributed by atoms with van der Waals surface area (Å²) in [6.07, 6.45) is -0.911. The molecule has 0 radical (unpaired) electrons. The van der Waals surface area contributed by atoms with Crippen molar-refractivity contribution in [1.29, 1.82) is 0 Å². The van der Waals surface area contributed by atoms with Crippen LogP contribution in [0.3, 0.4) is 0 Å². The molecule has 0 saturated carbocycles. The second kappa shape index (κ2) is 10.5. The van der Waals surface area contributed by atoms with Crippen LogP contribution in [0.1, 0.15) is 35.1 Å². The fourth-order valence-electron chi connectivity index (χ4n) is 5.62. The first-order chi connectivity index (χ1) is 19.1. The smallest absolute Gasteiger partial charge is 0.407 e. The summed E-state index contributed by atoms with van der Waals surface area (Å²) >= 11 is 0. The lowest BCUT2D eigenvalue weighted by atomic mass is 9.92. The number of aliphatic carboxylic acids is 1. The van der Waals surface area contributed by atoms with Crippen LogP contribution in [0.5, 0.6) is 0 Å². The van der Waals surface area contributed by atoms with Crippen LogP contribution in [0, 0.1) is 0 Å². The van der Waals surface area contributed by atoms with Crippen molar-refractivity contribution in [3.8, 4) is 22.3 Å². The molecule has 0 aliphatic heterocycles. The molecule has 0 bridgehead atoms. The first-order valence-corrected chi connectivity index (χ1v) is 13.0. The molecule has 0 spiro atoms. The number of amides is 1. The maximum Gasteiger partial charge on any atom is 0.407 e. The lowest BCUT2D eigenvalue weighted by Crippen LogP contribution is -2.32. The van der Waals surface area contributed by atoms with E-state index < -0.39 is 18.1 Å². The number of alkyl carbamates (subject to hydrolysis) is 1. The summed E-state index contributed by atoms with van der Waals surface area (Å²) in [5.74, 6) is -1.08. The molecule has 0 aromatic heterocycles. The molecule has 1 atom stereocenters. The Hall–Kier alpha value is -4.90. The molecule has 6 rings (SSSR count). The summed E-state index contributed by atoms with van der Waals surface area (Å²) in [6, 6.07) is 37.4. The third-order valence-corrected chi connectivity index (χ3v) is 7.41. The molecular weight excluding hydrogens is 486 g/mol. The highest BCUT2D eigenvalue weighted by atomic mass is 16.5. The van der Waals surface area contributed by atoms with Gasteiger partial charge in [0.25, 0.3) is 0 Å². The number of nitrogens with one attached hydrogen (secondary N) is 1. The predicted molar refractivity (Wildman–Crippen MR) is 153 cm³/mol. The summed E-state index contributed by atoms with van der Waals surface area (Å²) in [5, 5.41) is 14.7. The number of carboxylic acid groups (broad SMARTS) is 1. The minimum Gasteiger partial charge on any atom is -0.481 e. The van der Waals surface area contributed by atoms with Crippen molar-refractivity contribution in [3.05, 3.63) is 132 Å². The maximum atomic E-state index is 13.1. The van der Waals surface area contributed by atoms with Gasteiger partial charge in [-0.3, -0.25) is 4.79 Å². The van der Waals surface area contributed by atoms with Crippen LogP contribution < -0.4 is 5.32 Å². The zero-order valence-corrected chi connectivity index (χ0v) is 21.2. The summed E-state index contributed by atoms with van der Waals surface area (Å²) in [6.45, 7) is 0.159. The van der Waals surface area contributed by atoms with E-state index in [0.29, 0.717) is 0 Å². The van der Waals surface area contributed by atoms with E-state index in [0.717, 1.165) is 49.7 Å². The van der Waals surface area contributed by atoms with E-state index in [2.05, 4.69) is 41.7 Å². The minimum atomic E-state index is -1.01. The number of rotatable bonds is 7. The third kappa shape index (κ3) is 4.87. The highest BCUT2D eigenvalue weighted by Crippen LogP contribution is 2.44. The van der Waals surface area contributed by atoms with Gasteiger partial charge in [-0.25, -0.2) is 4.79 Å². The van der Waals surface area contributed by atoms with Gasteiger partial charge in [-0.05, 0) is 55.8 Å². The molecule has 0 heterocycles. The Morgan fingerprint density at radius 3 is 2.00 bits per heavy atom. The van der Waals surface area contributed by atoms with Gasteiger partial charge in [0.2, 0.25) is 0 Å². The fraction of sp³-hybridized carbons (Fsp3) is 0.118. The van der Waals surface area contributed by atoms with Crippen molar-refractivity contribution >= 4 is 22.8 Å². The van der Waals surface area contributed by atoms with Crippen LogP contribution >= 0.6 is 0 Å². The number of carbonyl (C=O) groups excluding carboxylic acids is 1. The van der Waals surface area contributed by atoms with Crippen LogP contribution in [0.4, 0.5) is 4.79 Å². The minimum absolute atomic E-state index is 0.0778. The number of benzene rings is 5. The average Bonchev–Trinajstić information content (AvgIpc) is 3.29. The van der Waals surface area contributed by atoms with E-state index in [1.165, 1.54) is 0 Å². The number of carbonyl (C=O) groups is 2. The van der Waals surface area contributed by atoms with E-state index in [4.69, 9.17) is 4.74 Å². The van der Waals surface area contributed by atoms with Crippen molar-refractivity contribution < 1.29 is 19.4 Å². The van der Waals surface area contributed by atoms with Gasteiger partial charge in [-0.1, -0.05) is 109 Å². The van der Waals surface area contributed by atoms with Gasteiger partial charge in [-0.15, -0.1) is 0 Å². The van der Waals surface area contributed by atoms with Gasteiger partial charge >= 0.3 is 12.1 Å². The Bertz CT molecular complexity index is 1650. The number of hydrogen-bond acceptors (Lipinski definition) is 3. The maximum absolute atomic E-state index is 13.1. The molecule has 1 aliphatic rings. The summed E-state index contributed by atoms with van der Waals surface area (Å²) in [5.41, 5.74) is 7.09. The molecule has 192 valence electrons. The van der Waals surface area contributed by atoms with Crippen LogP contribution in [0.25, 0.3) is 33.0 Å². The first kappa shape index (κ1) is 24.4. The molecule has 0 saturated heterocycles. The number of carboxylic acids is 1. The van der Waals surface area contributed by atoms with Crippen LogP contribution in [-0.4, -0.2) is 23.8 Å². The third-order valence-electron chi connectivity index (χ3n) is 7.41. The van der Waals surface area contributed by atoms with Gasteiger partial charge in [0.1, 0.15) is 6.61 Å². The van der Waals surface area contributed by atoms with Gasteiger partial charge in [0, 0.05) is 5.92 Å². The highest BCUT2D eigenvalue weighted by molar-refractivity contribution is 5.88. The summed E-state index contributed by atoms with van der Waals surface area (Å²) < 4.78 is 5.73. The van der Waals surface area contributed by atoms with Gasteiger partial charge in [0.15, 0.2) is 0 Å². The molecule has 1 amide bonds. The Morgan fingerprint density at radius 1 is 0.718 bits per heavy atom. The Labute approximate surface area is 226 Å². The molecular formula is C34H27NO4. The Morgan fingerprint density at radius 2 is 1.31 bits per heavy atom. The van der Waals surface area contributed by atoms with Crippen LogP contribution in [0.15, 0.2) is 115 Å². The molecule has 1 aliphatic carbocycles. The largest absolute Gasteiger partial charge is 0.481 e. The molecule has 5 aromatic rings. The zero-order chi connectivity index (χ0) is 26.8. The lowest BCUT2D eigenvalue weighted by Gasteiger charge is -2.22. The molecule has 5 heteroatoms. The molecule has 5 aromatic carbocycles. The van der Waals surface area contributed by atoms with E-state index in [9.17, 15) is 14.7 Å². The summed E-state index contributed by atoms with van der Waals surface area (Å²) in [7, 11) is 0. The van der Waals surface area contributed by atoms with E-state index in [-0.39, 0.29) is 18.9 Å². The highest BCUT2D eigenvalue weighted by Gasteiger charge is 2.29. The SMILES string of the molecule is O=C(O)C[C@H](NC(=O)OCC1c2ccccc2-c2ccccc21)c1ccccc1-c1ccc2ccccc2c1. The van der Waals surface area contributed by atoms with Crippen molar-refractivity contribution in [3.63, 3.8) is 0 Å². The van der Waals surface area contributed by atoms with Crippen molar-refractivity contribution in [2.24, 2.45) is 0 Å². The van der Waals surface area contributed by atoms with Crippen molar-refractivity contribution in [2.45, 2.75) is 18.4 Å². The van der Waals surface area contributed by atoms with E-state index in [1.54, 1.807) is 0 Å². The molecule has 0 unspecified atom stereocenters. The predicted octanol–water partition coefficient (Wildman–Crippen LogP) is 7.56. The second-order valence-corrected chi connectivity index (χ2v) is 9.77.